The smallest absolute Gasteiger partial charge is 0.421 e. The maximum atomic E-state index is 11.4. The molecule has 15 heteroatoms. The summed E-state index contributed by atoms with van der Waals surface area (Å²) in [6, 6.07) is 3.08. The quantitative estimate of drug-likeness (QED) is 0.271. The van der Waals surface area contributed by atoms with E-state index in [-0.39, 0.29) is 0 Å². The maximum Gasteiger partial charge on any atom is 0.480 e. The lowest BCUT2D eigenvalue weighted by Gasteiger charge is -2.22. The second-order valence-electron chi connectivity index (χ2n) is 4.95. The van der Waals surface area contributed by atoms with Crippen LogP contribution < -0.4 is 4.57 Å². The van der Waals surface area contributed by atoms with Gasteiger partial charge in [0, 0.05) is 6.42 Å². The van der Waals surface area contributed by atoms with E-state index in [9.17, 15) is 43.2 Å². The Kier molecular flexibility index (Phi) is 10.4. The van der Waals surface area contributed by atoms with E-state index >= 15 is 0 Å². The molecule has 0 aliphatic rings. The van der Waals surface area contributed by atoms with Crippen LogP contribution in [0.2, 0.25) is 0 Å². The van der Waals surface area contributed by atoms with Gasteiger partial charge in [-0.2, -0.15) is 26.3 Å². The number of rotatable bonds is 6. The molecule has 0 fully saturated rings. The number of aromatic nitrogens is 1. The van der Waals surface area contributed by atoms with Gasteiger partial charge in [-0.1, -0.05) is 37.5 Å². The average Bonchev–Trinajstić information content (AvgIpc) is 3.01. The largest absolute Gasteiger partial charge is 0.480 e. The van der Waals surface area contributed by atoms with Gasteiger partial charge in [-0.15, -0.1) is 4.57 Å². The molecule has 28 heavy (non-hydrogen) atoms. The van der Waals surface area contributed by atoms with Gasteiger partial charge in [0.2, 0.25) is 11.6 Å². The zero-order valence-electron chi connectivity index (χ0n) is 14.3. The Morgan fingerprint density at radius 3 is 1.89 bits per heavy atom. The molecule has 0 saturated heterocycles. The molecule has 0 aliphatic heterocycles. The van der Waals surface area contributed by atoms with Gasteiger partial charge in [-0.25, -0.2) is 16.8 Å². The Balaban J connectivity index is 0.000000525. The van der Waals surface area contributed by atoms with Crippen LogP contribution in [0.1, 0.15) is 39.0 Å². The van der Waals surface area contributed by atoms with Crippen molar-refractivity contribution in [2.45, 2.75) is 50.0 Å². The number of hydrogen-bond donors (Lipinski definition) is 0. The summed E-state index contributed by atoms with van der Waals surface area (Å²) in [4.78, 5) is 0. The molecule has 0 N–H and O–H groups in total. The fourth-order valence-corrected chi connectivity index (χ4v) is 3.54. The van der Waals surface area contributed by atoms with Gasteiger partial charge in [-0.3, -0.25) is 0 Å². The van der Waals surface area contributed by atoms with Crippen LogP contribution in [-0.4, -0.2) is 27.9 Å². The molecular weight excluding hydrogens is 458 g/mol. The van der Waals surface area contributed by atoms with Crippen molar-refractivity contribution >= 4 is 31.4 Å². The lowest BCUT2D eigenvalue weighted by molar-refractivity contribution is -0.577. The summed E-state index contributed by atoms with van der Waals surface area (Å²) >= 11 is 1.67. The predicted octanol–water partition coefficient (Wildman–Crippen LogP) is 3.87. The molecule has 1 heterocycles. The summed E-state index contributed by atoms with van der Waals surface area (Å²) < 4.78 is 111. The SMILES string of the molecule is CCCCCCC#C[n+]1ccsc1.O=S(=O)([N-]S(=O)(=O)C(F)(F)F)C(F)(F)F. The lowest BCUT2D eigenvalue weighted by atomic mass is 10.2. The van der Waals surface area contributed by atoms with Gasteiger partial charge < -0.3 is 4.13 Å². The maximum absolute atomic E-state index is 11.4. The van der Waals surface area contributed by atoms with E-state index in [1.54, 1.807) is 11.3 Å². The lowest BCUT2D eigenvalue weighted by Crippen LogP contribution is -2.30. The van der Waals surface area contributed by atoms with Crippen LogP contribution in [0.25, 0.3) is 4.13 Å². The summed E-state index contributed by atoms with van der Waals surface area (Å²) in [5.74, 6) is 3.17. The van der Waals surface area contributed by atoms with Crippen molar-refractivity contribution in [3.8, 4) is 12.0 Å². The Morgan fingerprint density at radius 2 is 1.50 bits per heavy atom. The highest BCUT2D eigenvalue weighted by atomic mass is 32.3. The molecule has 0 saturated carbocycles. The molecule has 0 aliphatic carbocycles. The van der Waals surface area contributed by atoms with Crippen LogP contribution in [0.15, 0.2) is 17.1 Å². The summed E-state index contributed by atoms with van der Waals surface area (Å²) in [6.45, 7) is 2.23. The van der Waals surface area contributed by atoms with Crippen molar-refractivity contribution in [1.29, 1.82) is 0 Å². The highest BCUT2D eigenvalue weighted by Crippen LogP contribution is 2.36. The summed E-state index contributed by atoms with van der Waals surface area (Å²) in [7, 11) is -13.4. The fraction of sp³-hybridized carbons (Fsp3) is 0.615. The van der Waals surface area contributed by atoms with Crippen molar-refractivity contribution < 1.29 is 47.7 Å². The molecule has 0 amide bonds. The third-order valence-corrected chi connectivity index (χ3v) is 5.99. The zero-order chi connectivity index (χ0) is 22.1. The number of halogens is 6. The highest BCUT2D eigenvalue weighted by molar-refractivity contribution is 8.13. The normalized spacial score (nSPS) is 12.5. The fourth-order valence-electron chi connectivity index (χ4n) is 1.30. The predicted molar refractivity (Wildman–Crippen MR) is 89.8 cm³/mol. The van der Waals surface area contributed by atoms with E-state index < -0.39 is 31.1 Å². The summed E-state index contributed by atoms with van der Waals surface area (Å²) in [6.07, 6.45) is 8.22. The number of sulfonamides is 2. The minimum atomic E-state index is -6.72. The minimum absolute atomic E-state index is 0.778. The molecular formula is C13H16F6N2O4S3. The van der Waals surface area contributed by atoms with Crippen LogP contribution in [0.4, 0.5) is 26.3 Å². The first kappa shape index (κ1) is 26.6. The Bertz CT molecular complexity index is 809. The molecule has 1 aromatic rings. The van der Waals surface area contributed by atoms with Gasteiger partial charge in [-0.05, 0) is 12.3 Å². The molecule has 0 unspecified atom stereocenters. The third-order valence-electron chi connectivity index (χ3n) is 2.62. The number of alkyl halides is 6. The first-order chi connectivity index (χ1) is 12.6. The standard InChI is InChI=1S/C11H16NS.C2F6NO4S2/c1-2-3-4-5-6-7-8-12-9-10-13-11-12;3-1(4,5)14(10,11)9-15(12,13)2(6,7)8/h9-11H,2-6H2,1H3;/q+1;-1. The van der Waals surface area contributed by atoms with Crippen LogP contribution in [0, 0.1) is 12.0 Å². The second kappa shape index (κ2) is 11.0. The number of thiazole rings is 1. The first-order valence-corrected chi connectivity index (χ1v) is 11.3. The van der Waals surface area contributed by atoms with E-state index in [0.717, 1.165) is 10.5 Å². The molecule has 0 atom stereocenters. The summed E-state index contributed by atoms with van der Waals surface area (Å²) in [5.41, 5.74) is -10.4. The molecule has 1 aromatic heterocycles. The first-order valence-electron chi connectivity index (χ1n) is 7.43. The van der Waals surface area contributed by atoms with Gasteiger partial charge in [0.25, 0.3) is 0 Å². The minimum Gasteiger partial charge on any atom is -0.421 e. The van der Waals surface area contributed by atoms with E-state index in [2.05, 4.69) is 18.9 Å². The molecule has 6 nitrogen and oxygen atoms in total. The monoisotopic (exact) mass is 474 g/mol. The van der Waals surface area contributed by atoms with E-state index in [1.807, 2.05) is 21.7 Å². The summed E-state index contributed by atoms with van der Waals surface area (Å²) in [5, 5.41) is 2.03. The molecule has 0 aromatic carbocycles. The van der Waals surface area contributed by atoms with E-state index in [1.165, 1.54) is 25.7 Å². The molecule has 1 rings (SSSR count). The Labute approximate surface area is 162 Å². The van der Waals surface area contributed by atoms with E-state index in [0.29, 0.717) is 0 Å². The molecule has 0 spiro atoms. The van der Waals surface area contributed by atoms with Crippen molar-refractivity contribution in [3.63, 3.8) is 0 Å². The second-order valence-corrected chi connectivity index (χ2v) is 9.13. The number of hydrogen-bond acceptors (Lipinski definition) is 5. The van der Waals surface area contributed by atoms with Crippen molar-refractivity contribution in [2.75, 3.05) is 0 Å². The number of nitrogens with zero attached hydrogens (tertiary/aromatic N) is 2. The van der Waals surface area contributed by atoms with Gasteiger partial charge in [0.15, 0.2) is 26.2 Å². The third kappa shape index (κ3) is 9.71. The van der Waals surface area contributed by atoms with Crippen molar-refractivity contribution in [1.82, 2.24) is 0 Å². The van der Waals surface area contributed by atoms with Crippen LogP contribution in [-0.2, 0) is 20.0 Å². The topological polar surface area (TPSA) is 86.3 Å². The van der Waals surface area contributed by atoms with Crippen molar-refractivity contribution in [3.05, 3.63) is 21.2 Å². The van der Waals surface area contributed by atoms with Crippen molar-refractivity contribution in [2.24, 2.45) is 0 Å². The van der Waals surface area contributed by atoms with Gasteiger partial charge in [0.1, 0.15) is 0 Å². The van der Waals surface area contributed by atoms with Gasteiger partial charge >= 0.3 is 11.0 Å². The number of unbranched alkanes of at least 4 members (excludes halogenated alkanes) is 4. The average molecular weight is 474 g/mol. The van der Waals surface area contributed by atoms with Gasteiger partial charge in [0.05, 0.1) is 5.38 Å². The molecule has 0 radical (unpaired) electrons. The van der Waals surface area contributed by atoms with E-state index in [4.69, 9.17) is 0 Å². The zero-order valence-corrected chi connectivity index (χ0v) is 16.7. The molecule has 0 bridgehead atoms. The Morgan fingerprint density at radius 1 is 0.964 bits per heavy atom. The van der Waals surface area contributed by atoms with Crippen LogP contribution in [0.3, 0.4) is 0 Å². The van der Waals surface area contributed by atoms with Crippen LogP contribution in [0.5, 0.6) is 0 Å². The molecule has 162 valence electrons. The Hall–Kier alpha value is -1.37. The highest BCUT2D eigenvalue weighted by Gasteiger charge is 2.46. The van der Waals surface area contributed by atoms with Crippen LogP contribution >= 0.6 is 11.3 Å².